The summed E-state index contributed by atoms with van der Waals surface area (Å²) in [4.78, 5) is 0.132. The molecule has 25 heavy (non-hydrogen) atoms. The van der Waals surface area contributed by atoms with E-state index in [0.717, 1.165) is 12.8 Å². The molecule has 0 saturated carbocycles. The number of unbranched alkanes of at least 4 members (excludes halogenated alkanes) is 1. The summed E-state index contributed by atoms with van der Waals surface area (Å²) in [7, 11) is -7.04. The highest BCUT2D eigenvalue weighted by molar-refractivity contribution is 7.96. The van der Waals surface area contributed by atoms with E-state index in [1.807, 2.05) is 13.8 Å². The minimum Gasteiger partial charge on any atom is -0.379 e. The van der Waals surface area contributed by atoms with Crippen molar-refractivity contribution in [3.63, 3.8) is 0 Å². The van der Waals surface area contributed by atoms with Gasteiger partial charge in [-0.15, -0.1) is 0 Å². The van der Waals surface area contributed by atoms with E-state index in [2.05, 4.69) is 0 Å². The molecule has 2 atom stereocenters. The molecule has 1 saturated heterocycles. The molecule has 0 radical (unpaired) electrons. The van der Waals surface area contributed by atoms with Gasteiger partial charge >= 0.3 is 0 Å². The summed E-state index contributed by atoms with van der Waals surface area (Å²) in [6, 6.07) is 5.90. The molecule has 142 valence electrons. The van der Waals surface area contributed by atoms with Gasteiger partial charge < -0.3 is 4.74 Å². The maximum absolute atomic E-state index is 12.9. The lowest BCUT2D eigenvalue weighted by atomic mass is 10.0. The van der Waals surface area contributed by atoms with Crippen LogP contribution in [0, 0.1) is 5.92 Å². The maximum atomic E-state index is 12.9. The average molecular weight is 409 g/mol. The fourth-order valence-corrected chi connectivity index (χ4v) is 8.28. The number of rotatable bonds is 8. The molecule has 1 aliphatic rings. The first-order chi connectivity index (χ1) is 11.6. The van der Waals surface area contributed by atoms with Crippen LogP contribution in [0.1, 0.15) is 33.1 Å². The van der Waals surface area contributed by atoms with Crippen LogP contribution in [0.2, 0.25) is 5.02 Å². The highest BCUT2D eigenvalue weighted by Crippen LogP contribution is 2.33. The van der Waals surface area contributed by atoms with Gasteiger partial charge in [-0.25, -0.2) is 16.8 Å². The van der Waals surface area contributed by atoms with Crippen molar-refractivity contribution >= 4 is 31.3 Å². The van der Waals surface area contributed by atoms with Gasteiger partial charge in [-0.1, -0.05) is 18.0 Å². The third kappa shape index (κ3) is 5.67. The number of hydrogen-bond acceptors (Lipinski definition) is 5. The van der Waals surface area contributed by atoms with Crippen molar-refractivity contribution < 1.29 is 21.6 Å². The SMILES string of the molecule is CC(C)OCCCC[C@H]1CS(=O)(=O)C[C@@H]1S(=O)(=O)c1ccc(Cl)cc1. The van der Waals surface area contributed by atoms with E-state index in [0.29, 0.717) is 18.1 Å². The van der Waals surface area contributed by atoms with E-state index < -0.39 is 24.9 Å². The predicted octanol–water partition coefficient (Wildman–Crippen LogP) is 3.12. The van der Waals surface area contributed by atoms with E-state index in [9.17, 15) is 16.8 Å². The van der Waals surface area contributed by atoms with Crippen LogP contribution in [0.5, 0.6) is 0 Å². The Kier molecular flexibility index (Phi) is 6.93. The van der Waals surface area contributed by atoms with E-state index >= 15 is 0 Å². The second-order valence-corrected chi connectivity index (χ2v) is 11.5. The molecule has 0 unspecified atom stereocenters. The second kappa shape index (κ2) is 8.37. The van der Waals surface area contributed by atoms with Crippen LogP contribution in [0.25, 0.3) is 0 Å². The Morgan fingerprint density at radius 2 is 1.80 bits per heavy atom. The number of benzene rings is 1. The van der Waals surface area contributed by atoms with Gasteiger partial charge in [0.05, 0.1) is 27.8 Å². The number of ether oxygens (including phenoxy) is 1. The Labute approximate surface area is 155 Å². The van der Waals surface area contributed by atoms with Crippen molar-refractivity contribution in [2.75, 3.05) is 18.1 Å². The Hall–Kier alpha value is -0.630. The zero-order chi connectivity index (χ0) is 18.7. The van der Waals surface area contributed by atoms with Crippen molar-refractivity contribution in [3.8, 4) is 0 Å². The third-order valence-electron chi connectivity index (χ3n) is 4.37. The molecule has 0 amide bonds. The molecule has 0 aliphatic carbocycles. The topological polar surface area (TPSA) is 77.5 Å². The second-order valence-electron chi connectivity index (χ2n) is 6.79. The number of hydrogen-bond donors (Lipinski definition) is 0. The lowest BCUT2D eigenvalue weighted by molar-refractivity contribution is 0.0752. The van der Waals surface area contributed by atoms with Gasteiger partial charge in [0.15, 0.2) is 19.7 Å². The standard InChI is InChI=1S/C17H25ClO5S2/c1-13(2)23-10-4-3-5-14-11-24(19,20)12-17(14)25(21,22)16-8-6-15(18)7-9-16/h6-9,13-14,17H,3-5,10-12H2,1-2H3/t14-,17-/m0/s1. The lowest BCUT2D eigenvalue weighted by Gasteiger charge is -2.18. The molecular formula is C17H25ClO5S2. The first-order valence-corrected chi connectivity index (χ1v) is 12.2. The zero-order valence-corrected chi connectivity index (χ0v) is 16.9. The van der Waals surface area contributed by atoms with Crippen LogP contribution in [0.4, 0.5) is 0 Å². The highest BCUT2D eigenvalue weighted by atomic mass is 35.5. The summed E-state index contributed by atoms with van der Waals surface area (Å²) in [6.45, 7) is 4.52. The number of halogens is 1. The van der Waals surface area contributed by atoms with Crippen LogP contribution < -0.4 is 0 Å². The molecule has 5 nitrogen and oxygen atoms in total. The molecule has 1 aliphatic heterocycles. The largest absolute Gasteiger partial charge is 0.379 e. The van der Waals surface area contributed by atoms with Gasteiger partial charge in [-0.2, -0.15) is 0 Å². The van der Waals surface area contributed by atoms with Crippen molar-refractivity contribution in [2.45, 2.75) is 49.4 Å². The summed E-state index contributed by atoms with van der Waals surface area (Å²) in [5, 5.41) is -0.440. The Bertz CT molecular complexity index is 770. The first-order valence-electron chi connectivity index (χ1n) is 8.43. The van der Waals surface area contributed by atoms with Crippen LogP contribution in [0.15, 0.2) is 29.2 Å². The van der Waals surface area contributed by atoms with Gasteiger partial charge in [0.25, 0.3) is 0 Å². The maximum Gasteiger partial charge on any atom is 0.182 e. The summed E-state index contributed by atoms with van der Waals surface area (Å²) in [5.74, 6) is -0.731. The van der Waals surface area contributed by atoms with Crippen molar-refractivity contribution in [1.82, 2.24) is 0 Å². The van der Waals surface area contributed by atoms with Gasteiger partial charge in [-0.3, -0.25) is 0 Å². The van der Waals surface area contributed by atoms with Crippen LogP contribution in [-0.2, 0) is 24.4 Å². The minimum atomic E-state index is -3.70. The lowest BCUT2D eigenvalue weighted by Crippen LogP contribution is -2.29. The minimum absolute atomic E-state index is 0.0600. The zero-order valence-electron chi connectivity index (χ0n) is 14.5. The molecule has 0 spiro atoms. The molecular weight excluding hydrogens is 384 g/mol. The molecule has 1 heterocycles. The molecule has 1 aromatic carbocycles. The normalized spacial score (nSPS) is 23.2. The summed E-state index contributed by atoms with van der Waals surface area (Å²) in [6.07, 6.45) is 2.27. The Morgan fingerprint density at radius 3 is 2.40 bits per heavy atom. The fraction of sp³-hybridized carbons (Fsp3) is 0.647. The molecule has 0 aromatic heterocycles. The van der Waals surface area contributed by atoms with Crippen LogP contribution in [-0.4, -0.2) is 46.3 Å². The highest BCUT2D eigenvalue weighted by Gasteiger charge is 2.45. The monoisotopic (exact) mass is 408 g/mol. The fourth-order valence-electron chi connectivity index (χ4n) is 3.13. The van der Waals surface area contributed by atoms with Crippen molar-refractivity contribution in [1.29, 1.82) is 0 Å². The van der Waals surface area contributed by atoms with E-state index in [1.54, 1.807) is 0 Å². The Balaban J connectivity index is 2.09. The quantitative estimate of drug-likeness (QED) is 0.617. The van der Waals surface area contributed by atoms with Crippen LogP contribution in [0.3, 0.4) is 0 Å². The van der Waals surface area contributed by atoms with Gasteiger partial charge in [-0.05, 0) is 56.9 Å². The van der Waals surface area contributed by atoms with E-state index in [4.69, 9.17) is 16.3 Å². The van der Waals surface area contributed by atoms with E-state index in [1.165, 1.54) is 24.3 Å². The summed E-state index contributed by atoms with van der Waals surface area (Å²) >= 11 is 5.81. The van der Waals surface area contributed by atoms with Crippen molar-refractivity contribution in [2.24, 2.45) is 5.92 Å². The Morgan fingerprint density at radius 1 is 1.16 bits per heavy atom. The molecule has 1 fully saturated rings. The molecule has 1 aromatic rings. The first kappa shape index (κ1) is 20.7. The number of sulfone groups is 2. The summed E-state index contributed by atoms with van der Waals surface area (Å²) in [5.41, 5.74) is 0. The summed E-state index contributed by atoms with van der Waals surface area (Å²) < 4.78 is 55.4. The molecule has 0 bridgehead atoms. The molecule has 0 N–H and O–H groups in total. The van der Waals surface area contributed by atoms with Gasteiger partial charge in [0.1, 0.15) is 0 Å². The predicted molar refractivity (Wildman–Crippen MR) is 99.5 cm³/mol. The van der Waals surface area contributed by atoms with Crippen LogP contribution >= 0.6 is 11.6 Å². The smallest absolute Gasteiger partial charge is 0.182 e. The third-order valence-corrected chi connectivity index (χ3v) is 8.92. The molecule has 8 heteroatoms. The average Bonchev–Trinajstić information content (AvgIpc) is 2.83. The van der Waals surface area contributed by atoms with Crippen molar-refractivity contribution in [3.05, 3.63) is 29.3 Å². The van der Waals surface area contributed by atoms with Gasteiger partial charge in [0.2, 0.25) is 0 Å². The van der Waals surface area contributed by atoms with E-state index in [-0.39, 0.29) is 28.4 Å². The van der Waals surface area contributed by atoms with Gasteiger partial charge in [0, 0.05) is 11.6 Å². The molecule has 2 rings (SSSR count).